The lowest BCUT2D eigenvalue weighted by Crippen LogP contribution is -2.53. The van der Waals surface area contributed by atoms with Crippen LogP contribution in [-0.4, -0.2) is 23.3 Å². The molecule has 1 heterocycles. The SMILES string of the molecule is CC1=C[C@H]2CCOC(=O)[C@@]2(O)C[C@H]1C. The number of hydrogen-bond donors (Lipinski definition) is 1. The number of fused-ring (bicyclic) bond motifs is 1. The van der Waals surface area contributed by atoms with Gasteiger partial charge in [0.2, 0.25) is 0 Å². The summed E-state index contributed by atoms with van der Waals surface area (Å²) in [6, 6.07) is 0. The van der Waals surface area contributed by atoms with Crippen molar-refractivity contribution in [2.45, 2.75) is 32.3 Å². The highest BCUT2D eigenvalue weighted by Crippen LogP contribution is 2.40. The van der Waals surface area contributed by atoms with E-state index in [9.17, 15) is 9.90 Å². The lowest BCUT2D eigenvalue weighted by molar-refractivity contribution is -0.182. The van der Waals surface area contributed by atoms with Crippen LogP contribution in [0.1, 0.15) is 26.7 Å². The van der Waals surface area contributed by atoms with Gasteiger partial charge in [-0.2, -0.15) is 0 Å². The second-order valence-corrected chi connectivity index (χ2v) is 4.47. The molecule has 3 heteroatoms. The third kappa shape index (κ3) is 1.27. The minimum atomic E-state index is -1.25. The third-order valence-corrected chi connectivity index (χ3v) is 3.49. The number of esters is 1. The Labute approximate surface area is 83.8 Å². The molecule has 78 valence electrons. The van der Waals surface area contributed by atoms with Crippen LogP contribution >= 0.6 is 0 Å². The molecule has 0 aromatic heterocycles. The molecule has 0 spiro atoms. The van der Waals surface area contributed by atoms with Crippen LogP contribution in [0.5, 0.6) is 0 Å². The molecule has 1 fully saturated rings. The summed E-state index contributed by atoms with van der Waals surface area (Å²) in [5.74, 6) is -0.216. The van der Waals surface area contributed by atoms with Crippen LogP contribution in [0.3, 0.4) is 0 Å². The van der Waals surface area contributed by atoms with Gasteiger partial charge in [0.25, 0.3) is 0 Å². The summed E-state index contributed by atoms with van der Waals surface area (Å²) in [5.41, 5.74) is 0.0198. The minimum absolute atomic E-state index is 0.0417. The Morgan fingerprint density at radius 3 is 3.07 bits per heavy atom. The molecule has 2 aliphatic rings. The Kier molecular flexibility index (Phi) is 2.14. The molecule has 1 saturated heterocycles. The molecule has 14 heavy (non-hydrogen) atoms. The maximum absolute atomic E-state index is 11.5. The molecule has 0 aromatic rings. The second-order valence-electron chi connectivity index (χ2n) is 4.47. The standard InChI is InChI=1S/C11H16O3/c1-7-5-9-3-4-14-10(12)11(9,13)6-8(7)2/h5,8-9,13H,3-4,6H2,1-2H3/t8-,9-,11-/m1/s1. The van der Waals surface area contributed by atoms with Gasteiger partial charge >= 0.3 is 5.97 Å². The molecule has 0 aromatic carbocycles. The number of allylic oxidation sites excluding steroid dienone is 1. The average Bonchev–Trinajstić information content (AvgIpc) is 2.11. The number of carbonyl (C=O) groups excluding carboxylic acids is 1. The first-order valence-electron chi connectivity index (χ1n) is 5.12. The Morgan fingerprint density at radius 1 is 1.64 bits per heavy atom. The first kappa shape index (κ1) is 9.71. The molecule has 0 unspecified atom stereocenters. The van der Waals surface area contributed by atoms with Gasteiger partial charge in [-0.1, -0.05) is 18.6 Å². The number of cyclic esters (lactones) is 1. The molecule has 1 aliphatic carbocycles. The van der Waals surface area contributed by atoms with E-state index in [1.54, 1.807) is 0 Å². The average molecular weight is 196 g/mol. The zero-order valence-corrected chi connectivity index (χ0v) is 8.62. The van der Waals surface area contributed by atoms with E-state index < -0.39 is 11.6 Å². The Balaban J connectivity index is 2.34. The smallest absolute Gasteiger partial charge is 0.338 e. The fraction of sp³-hybridized carbons (Fsp3) is 0.727. The van der Waals surface area contributed by atoms with Crippen molar-refractivity contribution in [3.8, 4) is 0 Å². The lowest BCUT2D eigenvalue weighted by Gasteiger charge is -2.41. The van der Waals surface area contributed by atoms with Gasteiger partial charge in [0.1, 0.15) is 0 Å². The molecule has 1 aliphatic heterocycles. The molecule has 3 nitrogen and oxygen atoms in total. The summed E-state index contributed by atoms with van der Waals surface area (Å²) in [4.78, 5) is 11.5. The van der Waals surface area contributed by atoms with Crippen molar-refractivity contribution in [2.24, 2.45) is 11.8 Å². The Morgan fingerprint density at radius 2 is 2.36 bits per heavy atom. The summed E-state index contributed by atoms with van der Waals surface area (Å²) in [7, 11) is 0. The van der Waals surface area contributed by atoms with Crippen molar-refractivity contribution in [2.75, 3.05) is 6.61 Å². The van der Waals surface area contributed by atoms with Gasteiger partial charge in [-0.25, -0.2) is 4.79 Å². The number of aliphatic hydroxyl groups is 1. The molecule has 0 amide bonds. The van der Waals surface area contributed by atoms with Crippen molar-refractivity contribution in [1.82, 2.24) is 0 Å². The van der Waals surface area contributed by atoms with E-state index in [2.05, 4.69) is 6.92 Å². The van der Waals surface area contributed by atoms with Crippen LogP contribution in [-0.2, 0) is 9.53 Å². The highest BCUT2D eigenvalue weighted by atomic mass is 16.6. The zero-order chi connectivity index (χ0) is 10.3. The molecule has 0 saturated carbocycles. The molecule has 3 atom stereocenters. The van der Waals surface area contributed by atoms with Crippen molar-refractivity contribution in [1.29, 1.82) is 0 Å². The first-order valence-corrected chi connectivity index (χ1v) is 5.12. The van der Waals surface area contributed by atoms with Crippen LogP contribution in [0, 0.1) is 11.8 Å². The maximum atomic E-state index is 11.5. The minimum Gasteiger partial charge on any atom is -0.464 e. The van der Waals surface area contributed by atoms with E-state index >= 15 is 0 Å². The van der Waals surface area contributed by atoms with Crippen LogP contribution in [0.4, 0.5) is 0 Å². The quantitative estimate of drug-likeness (QED) is 0.468. The predicted octanol–water partition coefficient (Wildman–Crippen LogP) is 1.27. The van der Waals surface area contributed by atoms with Crippen molar-refractivity contribution in [3.63, 3.8) is 0 Å². The molecule has 1 N–H and O–H groups in total. The highest BCUT2D eigenvalue weighted by molar-refractivity contribution is 5.81. The molecule has 2 rings (SSSR count). The first-order chi connectivity index (χ1) is 6.54. The number of ether oxygens (including phenoxy) is 1. The van der Waals surface area contributed by atoms with Gasteiger partial charge in [-0.3, -0.25) is 0 Å². The second kappa shape index (κ2) is 3.09. The van der Waals surface area contributed by atoms with Crippen LogP contribution in [0.15, 0.2) is 11.6 Å². The molecular weight excluding hydrogens is 180 g/mol. The largest absolute Gasteiger partial charge is 0.464 e. The monoisotopic (exact) mass is 196 g/mol. The lowest BCUT2D eigenvalue weighted by atomic mass is 9.70. The fourth-order valence-corrected chi connectivity index (χ4v) is 2.36. The molecular formula is C11H16O3. The summed E-state index contributed by atoms with van der Waals surface area (Å²) in [5, 5.41) is 10.2. The summed E-state index contributed by atoms with van der Waals surface area (Å²) in [6.45, 7) is 4.52. The summed E-state index contributed by atoms with van der Waals surface area (Å²) in [6.07, 6.45) is 3.28. The Hall–Kier alpha value is -0.830. The topological polar surface area (TPSA) is 46.5 Å². The van der Waals surface area contributed by atoms with Gasteiger partial charge in [0, 0.05) is 5.92 Å². The Bertz CT molecular complexity index is 295. The van der Waals surface area contributed by atoms with Crippen molar-refractivity contribution < 1.29 is 14.6 Å². The number of hydrogen-bond acceptors (Lipinski definition) is 3. The van der Waals surface area contributed by atoms with Crippen LogP contribution in [0.2, 0.25) is 0 Å². The van der Waals surface area contributed by atoms with E-state index in [1.807, 2.05) is 13.0 Å². The van der Waals surface area contributed by atoms with Crippen molar-refractivity contribution in [3.05, 3.63) is 11.6 Å². The number of rotatable bonds is 0. The maximum Gasteiger partial charge on any atom is 0.338 e. The molecule has 0 radical (unpaired) electrons. The van der Waals surface area contributed by atoms with E-state index in [1.165, 1.54) is 5.57 Å². The number of carbonyl (C=O) groups is 1. The van der Waals surface area contributed by atoms with Gasteiger partial charge < -0.3 is 9.84 Å². The van der Waals surface area contributed by atoms with Gasteiger partial charge in [0.15, 0.2) is 5.60 Å². The third-order valence-electron chi connectivity index (χ3n) is 3.49. The zero-order valence-electron chi connectivity index (χ0n) is 8.62. The van der Waals surface area contributed by atoms with E-state index in [-0.39, 0.29) is 11.8 Å². The van der Waals surface area contributed by atoms with E-state index in [0.717, 1.165) is 6.42 Å². The van der Waals surface area contributed by atoms with Crippen molar-refractivity contribution >= 4 is 5.97 Å². The van der Waals surface area contributed by atoms with Gasteiger partial charge in [0.05, 0.1) is 6.61 Å². The summed E-state index contributed by atoms with van der Waals surface area (Å²) < 4.78 is 4.92. The van der Waals surface area contributed by atoms with E-state index in [0.29, 0.717) is 13.0 Å². The normalized spacial score (nSPS) is 42.5. The van der Waals surface area contributed by atoms with Crippen LogP contribution in [0.25, 0.3) is 0 Å². The highest BCUT2D eigenvalue weighted by Gasteiger charge is 2.49. The summed E-state index contributed by atoms with van der Waals surface area (Å²) >= 11 is 0. The predicted molar refractivity (Wildman–Crippen MR) is 51.6 cm³/mol. The van der Waals surface area contributed by atoms with Gasteiger partial charge in [-0.05, 0) is 25.7 Å². The van der Waals surface area contributed by atoms with Gasteiger partial charge in [-0.15, -0.1) is 0 Å². The van der Waals surface area contributed by atoms with E-state index in [4.69, 9.17) is 4.74 Å². The molecule has 0 bridgehead atoms. The van der Waals surface area contributed by atoms with Crippen LogP contribution < -0.4 is 0 Å². The fourth-order valence-electron chi connectivity index (χ4n) is 2.36.